The molecule has 0 saturated heterocycles. The number of nitrogens with one attached hydrogen (secondary N) is 1. The summed E-state index contributed by atoms with van der Waals surface area (Å²) in [7, 11) is 0. The monoisotopic (exact) mass is 933 g/mol. The predicted molar refractivity (Wildman–Crippen MR) is 263 cm³/mol. The van der Waals surface area contributed by atoms with Crippen LogP contribution in [0.2, 0.25) is 0 Å². The Balaban J connectivity index is 0.000000171. The van der Waals surface area contributed by atoms with E-state index in [2.05, 4.69) is 61.9 Å². The van der Waals surface area contributed by atoms with Gasteiger partial charge in [-0.15, -0.1) is 0 Å². The summed E-state index contributed by atoms with van der Waals surface area (Å²) in [5.74, 6) is -1.29. The molecule has 9 rings (SSSR count). The maximum absolute atomic E-state index is 12.2. The first-order chi connectivity index (χ1) is 31.2. The lowest BCUT2D eigenvalue weighted by atomic mass is 10.1. The molecule has 10 nitrogen and oxygen atoms in total. The maximum atomic E-state index is 12.2. The molecule has 3 aromatic heterocycles. The Morgan fingerprint density at radius 2 is 0.985 bits per heavy atom. The van der Waals surface area contributed by atoms with Gasteiger partial charge in [0, 0.05) is 45.5 Å². The molecule has 0 aliphatic rings. The third kappa shape index (κ3) is 13.3. The van der Waals surface area contributed by atoms with E-state index in [1.165, 1.54) is 16.3 Å². The number of carbonyl (C=O) groups is 4. The van der Waals surface area contributed by atoms with E-state index in [0.717, 1.165) is 32.3 Å². The summed E-state index contributed by atoms with van der Waals surface area (Å²) in [6.45, 7) is 6.39. The molecule has 9 aromatic rings. The minimum absolute atomic E-state index is 0. The molecule has 0 unspecified atom stereocenters. The Morgan fingerprint density at radius 1 is 0.508 bits per heavy atom. The Labute approximate surface area is 387 Å². The molecule has 0 aliphatic heterocycles. The van der Waals surface area contributed by atoms with Crippen LogP contribution in [-0.2, 0) is 19.0 Å². The Bertz CT molecular complexity index is 2950. The standard InChI is InChI=1S/C19H17NO3.C17H15NO2.C9H9BrO2.C8H7N.CH4/c1-2-23-19(22)13-18(21)15-7-5-8-16(12-15)20-11-10-14-6-3-4-9-17(14)20;1-2-20-17(19)14-7-5-8-15(12-14)18-11-10-13-6-3-4-9-16(13)18;1-2-12-9(11)7-4-3-5-8(10)6-7;1-2-4-8-7(3-1)5-6-9-8;/h3-12H,2,13H2,1H3;3-12H,2H2,1H3;3-6H,2H2,1H3;1-6,9H;1H4. The quantitative estimate of drug-likeness (QED) is 0.0627. The Hall–Kier alpha value is -7.50. The van der Waals surface area contributed by atoms with Crippen LogP contribution in [0.1, 0.15) is 65.7 Å². The number of carbonyl (C=O) groups excluding carboxylic acids is 4. The minimum atomic E-state index is -0.491. The molecule has 3 heterocycles. The SMILES string of the molecule is C.CCOC(=O)CC(=O)c1cccc(-n2ccc3ccccc32)c1.CCOC(=O)c1cccc(-n2ccc3ccccc32)c1.CCOC(=O)c1cccc(Br)c1.c1ccc2[nH]ccc2c1. The van der Waals surface area contributed by atoms with E-state index >= 15 is 0 Å². The number of aromatic amines is 1. The highest BCUT2D eigenvalue weighted by Gasteiger charge is 2.14. The lowest BCUT2D eigenvalue weighted by molar-refractivity contribution is -0.141. The second kappa shape index (κ2) is 24.4. The second-order valence-corrected chi connectivity index (χ2v) is 14.9. The lowest BCUT2D eigenvalue weighted by Gasteiger charge is -2.08. The number of halogens is 1. The van der Waals surface area contributed by atoms with Crippen LogP contribution >= 0.6 is 15.9 Å². The highest BCUT2D eigenvalue weighted by atomic mass is 79.9. The molecule has 0 atom stereocenters. The van der Waals surface area contributed by atoms with E-state index in [9.17, 15) is 19.2 Å². The zero-order valence-corrected chi connectivity index (χ0v) is 37.4. The van der Waals surface area contributed by atoms with Crippen LogP contribution in [0.25, 0.3) is 44.1 Å². The van der Waals surface area contributed by atoms with E-state index in [4.69, 9.17) is 14.2 Å². The number of rotatable bonds is 10. The molecule has 11 heteroatoms. The molecule has 0 radical (unpaired) electrons. The number of para-hydroxylation sites is 3. The molecule has 0 saturated carbocycles. The summed E-state index contributed by atoms with van der Waals surface area (Å²) >= 11 is 3.27. The number of benzene rings is 6. The third-order valence-corrected chi connectivity index (χ3v) is 10.2. The van der Waals surface area contributed by atoms with Crippen molar-refractivity contribution in [1.29, 1.82) is 0 Å². The summed E-state index contributed by atoms with van der Waals surface area (Å²) in [4.78, 5) is 49.7. The summed E-state index contributed by atoms with van der Waals surface area (Å²) < 4.78 is 19.7. The molecule has 0 bridgehead atoms. The van der Waals surface area contributed by atoms with Crippen molar-refractivity contribution in [3.63, 3.8) is 0 Å². The van der Waals surface area contributed by atoms with Gasteiger partial charge in [0.05, 0.1) is 42.0 Å². The van der Waals surface area contributed by atoms with Crippen molar-refractivity contribution in [2.45, 2.75) is 34.6 Å². The first-order valence-corrected chi connectivity index (χ1v) is 21.6. The van der Waals surface area contributed by atoms with Gasteiger partial charge in [-0.25, -0.2) is 9.59 Å². The van der Waals surface area contributed by atoms with Gasteiger partial charge in [0.25, 0.3) is 0 Å². The molecule has 0 spiro atoms. The van der Waals surface area contributed by atoms with E-state index in [0.29, 0.717) is 29.9 Å². The number of aromatic nitrogens is 3. The van der Waals surface area contributed by atoms with Gasteiger partial charge in [0.15, 0.2) is 5.78 Å². The Kier molecular flexibility index (Phi) is 18.2. The summed E-state index contributed by atoms with van der Waals surface area (Å²) in [6.07, 6.45) is 5.70. The molecular weight excluding hydrogens is 883 g/mol. The molecule has 1 N–H and O–H groups in total. The van der Waals surface area contributed by atoms with Gasteiger partial charge >= 0.3 is 17.9 Å². The van der Waals surface area contributed by atoms with Gasteiger partial charge in [-0.05, 0) is 122 Å². The van der Waals surface area contributed by atoms with E-state index in [1.54, 1.807) is 57.2 Å². The fourth-order valence-electron chi connectivity index (χ4n) is 6.71. The van der Waals surface area contributed by atoms with Gasteiger partial charge in [0.1, 0.15) is 6.42 Å². The van der Waals surface area contributed by atoms with Gasteiger partial charge in [-0.1, -0.05) is 102 Å². The fraction of sp³-hybridized carbons (Fsp3) is 0.148. The highest BCUT2D eigenvalue weighted by Crippen LogP contribution is 2.23. The topological polar surface area (TPSA) is 122 Å². The van der Waals surface area contributed by atoms with Crippen molar-refractivity contribution in [3.05, 3.63) is 204 Å². The maximum Gasteiger partial charge on any atom is 0.338 e. The second-order valence-electron chi connectivity index (χ2n) is 14.0. The number of hydrogen-bond donors (Lipinski definition) is 1. The number of esters is 3. The number of H-pyrrole nitrogens is 1. The van der Waals surface area contributed by atoms with Crippen LogP contribution in [0.4, 0.5) is 0 Å². The zero-order chi connectivity index (χ0) is 45.3. The number of ketones is 1. The molecule has 0 amide bonds. The first-order valence-electron chi connectivity index (χ1n) is 20.8. The number of nitrogens with zero attached hydrogens (tertiary/aromatic N) is 2. The fourth-order valence-corrected chi connectivity index (χ4v) is 7.11. The summed E-state index contributed by atoms with van der Waals surface area (Å²) in [5.41, 5.74) is 6.90. The van der Waals surface area contributed by atoms with Crippen molar-refractivity contribution in [3.8, 4) is 11.4 Å². The van der Waals surface area contributed by atoms with Crippen molar-refractivity contribution in [2.75, 3.05) is 19.8 Å². The van der Waals surface area contributed by atoms with Gasteiger partial charge < -0.3 is 28.3 Å². The molecular formula is C54H52BrN3O7. The van der Waals surface area contributed by atoms with Crippen molar-refractivity contribution in [1.82, 2.24) is 14.1 Å². The molecule has 6 aromatic carbocycles. The lowest BCUT2D eigenvalue weighted by Crippen LogP contribution is -2.11. The molecule has 65 heavy (non-hydrogen) atoms. The number of hydrogen-bond acceptors (Lipinski definition) is 7. The smallest absolute Gasteiger partial charge is 0.338 e. The largest absolute Gasteiger partial charge is 0.466 e. The number of fused-ring (bicyclic) bond motifs is 3. The average molecular weight is 935 g/mol. The van der Waals surface area contributed by atoms with Gasteiger partial charge in [-0.3, -0.25) is 9.59 Å². The average Bonchev–Trinajstić information content (AvgIpc) is 4.09. The van der Waals surface area contributed by atoms with E-state index in [-0.39, 0.29) is 38.2 Å². The minimum Gasteiger partial charge on any atom is -0.466 e. The van der Waals surface area contributed by atoms with Crippen molar-refractivity contribution in [2.24, 2.45) is 0 Å². The van der Waals surface area contributed by atoms with Crippen LogP contribution in [0.15, 0.2) is 187 Å². The van der Waals surface area contributed by atoms with Crippen LogP contribution < -0.4 is 0 Å². The van der Waals surface area contributed by atoms with E-state index in [1.807, 2.05) is 114 Å². The predicted octanol–water partition coefficient (Wildman–Crippen LogP) is 13.0. The van der Waals surface area contributed by atoms with Crippen LogP contribution in [-0.4, -0.2) is 57.6 Å². The summed E-state index contributed by atoms with van der Waals surface area (Å²) in [6, 6.07) is 52.5. The van der Waals surface area contributed by atoms with Crippen molar-refractivity contribution < 1.29 is 33.4 Å². The Morgan fingerprint density at radius 3 is 1.52 bits per heavy atom. The molecule has 332 valence electrons. The number of Topliss-reactive ketones (excluding diaryl/α,β-unsaturated/α-hetero) is 1. The first kappa shape index (κ1) is 48.5. The van der Waals surface area contributed by atoms with Crippen LogP contribution in [0.3, 0.4) is 0 Å². The number of ether oxygens (including phenoxy) is 3. The van der Waals surface area contributed by atoms with Gasteiger partial charge in [-0.2, -0.15) is 0 Å². The normalized spacial score (nSPS) is 10.2. The summed E-state index contributed by atoms with van der Waals surface area (Å²) in [5, 5.41) is 3.59. The van der Waals surface area contributed by atoms with Crippen LogP contribution in [0.5, 0.6) is 0 Å². The van der Waals surface area contributed by atoms with E-state index < -0.39 is 5.97 Å². The van der Waals surface area contributed by atoms with Crippen molar-refractivity contribution >= 4 is 72.3 Å². The highest BCUT2D eigenvalue weighted by molar-refractivity contribution is 9.10. The third-order valence-electron chi connectivity index (χ3n) is 9.69. The van der Waals surface area contributed by atoms with Gasteiger partial charge in [0.2, 0.25) is 0 Å². The molecule has 0 fully saturated rings. The van der Waals surface area contributed by atoms with Crippen LogP contribution in [0, 0.1) is 0 Å². The molecule has 0 aliphatic carbocycles. The zero-order valence-electron chi connectivity index (χ0n) is 35.8.